The molecule has 1 atom stereocenters. The first-order valence-corrected chi connectivity index (χ1v) is 11.7. The highest BCUT2D eigenvalue weighted by Crippen LogP contribution is 2.30. The van der Waals surface area contributed by atoms with E-state index in [0.717, 1.165) is 11.1 Å². The molecule has 0 radical (unpaired) electrons. The van der Waals surface area contributed by atoms with E-state index in [-0.39, 0.29) is 12.4 Å². The van der Waals surface area contributed by atoms with Crippen molar-refractivity contribution in [3.05, 3.63) is 83.7 Å². The molecule has 0 aliphatic heterocycles. The summed E-state index contributed by atoms with van der Waals surface area (Å²) in [7, 11) is -4.88. The number of phosphoric ester groups is 1. The van der Waals surface area contributed by atoms with Crippen molar-refractivity contribution in [2.75, 3.05) is 5.73 Å². The van der Waals surface area contributed by atoms with Gasteiger partial charge in [0.05, 0.1) is 11.9 Å². The van der Waals surface area contributed by atoms with E-state index in [4.69, 9.17) is 19.9 Å². The summed E-state index contributed by atoms with van der Waals surface area (Å²) in [6.07, 6.45) is 5.53. The molecule has 3 aromatic heterocycles. The number of rotatable bonds is 9. The summed E-state index contributed by atoms with van der Waals surface area (Å²) >= 11 is 0. The highest BCUT2D eigenvalue weighted by molar-refractivity contribution is 7.44. The van der Waals surface area contributed by atoms with Gasteiger partial charge in [0.2, 0.25) is 0 Å². The minimum Gasteiger partial charge on any atom is -0.756 e. The zero-order chi connectivity index (χ0) is 24.1. The van der Waals surface area contributed by atoms with E-state index in [2.05, 4.69) is 19.6 Å². The van der Waals surface area contributed by atoms with Gasteiger partial charge in [0.1, 0.15) is 17.9 Å². The van der Waals surface area contributed by atoms with E-state index in [1.165, 1.54) is 10.8 Å². The van der Waals surface area contributed by atoms with Gasteiger partial charge in [-0.25, -0.2) is 14.5 Å². The molecule has 0 fully saturated rings. The van der Waals surface area contributed by atoms with Crippen LogP contribution in [0.15, 0.2) is 65.6 Å². The highest BCUT2D eigenvalue weighted by Gasteiger charge is 2.18. The van der Waals surface area contributed by atoms with Crippen LogP contribution in [-0.2, 0) is 28.8 Å². The molecule has 3 N–H and O–H groups in total. The van der Waals surface area contributed by atoms with E-state index in [1.54, 1.807) is 30.6 Å². The second-order valence-corrected chi connectivity index (χ2v) is 8.67. The van der Waals surface area contributed by atoms with Crippen LogP contribution >= 0.6 is 7.82 Å². The highest BCUT2D eigenvalue weighted by atomic mass is 31.2. The van der Waals surface area contributed by atoms with E-state index in [1.807, 2.05) is 31.2 Å². The third-order valence-corrected chi connectivity index (χ3v) is 5.25. The molecule has 4 rings (SSSR count). The number of aromatic nitrogens is 4. The number of ether oxygens (including phenoxy) is 1. The summed E-state index contributed by atoms with van der Waals surface area (Å²) in [5.74, 6) is 1.91. The molecule has 11 nitrogen and oxygen atoms in total. The summed E-state index contributed by atoms with van der Waals surface area (Å²) in [4.78, 5) is 28.1. The quantitative estimate of drug-likeness (QED) is 0.266. The Bertz CT molecular complexity index is 1300. The lowest BCUT2D eigenvalue weighted by atomic mass is 10.1. The molecular weight excluding hydrogens is 461 g/mol. The number of phosphoric acid groups is 1. The Labute approximate surface area is 195 Å². The summed E-state index contributed by atoms with van der Waals surface area (Å²) in [5.41, 5.74) is 9.28. The van der Waals surface area contributed by atoms with Gasteiger partial charge in [-0.05, 0) is 42.3 Å². The Morgan fingerprint density at radius 3 is 2.65 bits per heavy atom. The van der Waals surface area contributed by atoms with Crippen LogP contribution in [0.25, 0.3) is 11.3 Å². The topological polar surface area (TPSA) is 161 Å². The molecule has 3 heterocycles. The van der Waals surface area contributed by atoms with Crippen molar-refractivity contribution < 1.29 is 32.7 Å². The van der Waals surface area contributed by atoms with Crippen LogP contribution in [0.2, 0.25) is 0 Å². The first-order chi connectivity index (χ1) is 16.3. The fourth-order valence-electron chi connectivity index (χ4n) is 3.10. The van der Waals surface area contributed by atoms with Crippen molar-refractivity contribution in [1.29, 1.82) is 0 Å². The number of hydrogen-bond donors (Lipinski definition) is 2. The zero-order valence-corrected chi connectivity index (χ0v) is 19.1. The van der Waals surface area contributed by atoms with Crippen molar-refractivity contribution >= 4 is 13.6 Å². The van der Waals surface area contributed by atoms with Crippen molar-refractivity contribution in [2.24, 2.45) is 0 Å². The molecule has 1 aromatic carbocycles. The smallest absolute Gasteiger partial charge is 0.285 e. The molecule has 34 heavy (non-hydrogen) atoms. The Hall–Kier alpha value is -3.63. The summed E-state index contributed by atoms with van der Waals surface area (Å²) < 4.78 is 27.7. The molecule has 0 spiro atoms. The fourth-order valence-corrected chi connectivity index (χ4v) is 3.37. The summed E-state index contributed by atoms with van der Waals surface area (Å²) in [6, 6.07) is 12.7. The molecule has 1 unspecified atom stereocenters. The molecule has 4 aromatic rings. The molecule has 0 amide bonds. The van der Waals surface area contributed by atoms with Crippen molar-refractivity contribution in [1.82, 2.24) is 15.1 Å². The number of nitrogens with zero attached hydrogens (tertiary/aromatic N) is 4. The fraction of sp³-hybridized carbons (Fsp3) is 0.182. The van der Waals surface area contributed by atoms with E-state index in [0.29, 0.717) is 35.0 Å². The normalized spacial score (nSPS) is 12.9. The lowest BCUT2D eigenvalue weighted by Crippen LogP contribution is -2.38. The van der Waals surface area contributed by atoms with E-state index in [9.17, 15) is 9.46 Å². The predicted octanol–water partition coefficient (Wildman–Crippen LogP) is 1.91. The predicted molar refractivity (Wildman–Crippen MR) is 118 cm³/mol. The maximum absolute atomic E-state index is 10.8. The van der Waals surface area contributed by atoms with Crippen molar-refractivity contribution in [2.45, 2.75) is 26.7 Å². The number of pyridine rings is 1. The summed E-state index contributed by atoms with van der Waals surface area (Å²) in [5, 5.41) is 4.10. The average Bonchev–Trinajstić information content (AvgIpc) is 3.26. The maximum atomic E-state index is 10.8. The number of benzene rings is 1. The first-order valence-electron chi connectivity index (χ1n) is 10.2. The average molecular weight is 483 g/mol. The standard InChI is InChI=1S/C22H22N5O6P/c1-15-11-24-21(25-12-15)13-31-18-6-4-16(5-7-18)9-17-10-20(33-26-17)19-3-2-8-27(22(19)23)14-32-34(28,29)30/h2-8,10-12,23H,9,13-14H2,1H3,(H2,28,29,30). The van der Waals surface area contributed by atoms with Crippen LogP contribution in [0.5, 0.6) is 5.75 Å². The van der Waals surface area contributed by atoms with E-state index < -0.39 is 14.6 Å². The molecule has 176 valence electrons. The van der Waals surface area contributed by atoms with Gasteiger partial charge in [0.15, 0.2) is 18.3 Å². The largest absolute Gasteiger partial charge is 0.756 e. The zero-order valence-electron chi connectivity index (χ0n) is 18.2. The minimum atomic E-state index is -4.88. The Kier molecular flexibility index (Phi) is 6.99. The first kappa shape index (κ1) is 23.5. The van der Waals surface area contributed by atoms with Crippen LogP contribution in [0.4, 0.5) is 5.82 Å². The third kappa shape index (κ3) is 6.24. The third-order valence-electron chi connectivity index (χ3n) is 4.81. The lowest BCUT2D eigenvalue weighted by Gasteiger charge is -2.14. The van der Waals surface area contributed by atoms with Crippen LogP contribution in [0, 0.1) is 6.92 Å². The maximum Gasteiger partial charge on any atom is 0.285 e. The SMILES string of the molecule is Cc1cnc(COc2ccc(Cc3cc(-c4ccc[n+](COP(=O)([O-])O)c4N)on3)cc2)nc1. The van der Waals surface area contributed by atoms with Crippen LogP contribution in [-0.4, -0.2) is 20.0 Å². The van der Waals surface area contributed by atoms with Gasteiger partial charge in [-0.3, -0.25) is 14.8 Å². The lowest BCUT2D eigenvalue weighted by molar-refractivity contribution is -0.712. The molecule has 0 aliphatic carbocycles. The van der Waals surface area contributed by atoms with Crippen molar-refractivity contribution in [3.63, 3.8) is 0 Å². The Morgan fingerprint density at radius 1 is 1.21 bits per heavy atom. The molecule has 0 saturated carbocycles. The minimum absolute atomic E-state index is 0.192. The van der Waals surface area contributed by atoms with Gasteiger partial charge in [-0.2, -0.15) is 0 Å². The number of nitrogen functional groups attached to an aromatic ring is 1. The van der Waals surface area contributed by atoms with E-state index >= 15 is 0 Å². The Balaban J connectivity index is 1.39. The van der Waals surface area contributed by atoms with Gasteiger partial charge in [-0.1, -0.05) is 17.3 Å². The van der Waals surface area contributed by atoms with Crippen LogP contribution in [0.3, 0.4) is 0 Å². The summed E-state index contributed by atoms with van der Waals surface area (Å²) in [6.45, 7) is 1.73. The number of aryl methyl sites for hydroxylation is 1. The number of anilines is 1. The molecule has 0 aliphatic rings. The Morgan fingerprint density at radius 2 is 1.94 bits per heavy atom. The number of nitrogens with two attached hydrogens (primary N) is 1. The second kappa shape index (κ2) is 10.1. The van der Waals surface area contributed by atoms with Crippen LogP contribution < -0.4 is 19.9 Å². The van der Waals surface area contributed by atoms with Crippen molar-refractivity contribution in [3.8, 4) is 17.1 Å². The van der Waals surface area contributed by atoms with Gasteiger partial charge >= 0.3 is 0 Å². The molecule has 0 bridgehead atoms. The van der Waals surface area contributed by atoms with Crippen LogP contribution in [0.1, 0.15) is 22.6 Å². The van der Waals surface area contributed by atoms with Gasteiger partial charge in [-0.15, -0.1) is 0 Å². The second-order valence-electron chi connectivity index (χ2n) is 7.47. The molecular formula is C22H22N5O6P. The van der Waals surface area contributed by atoms with Gasteiger partial charge in [0, 0.05) is 24.9 Å². The molecule has 0 saturated heterocycles. The van der Waals surface area contributed by atoms with Gasteiger partial charge in [0.25, 0.3) is 13.6 Å². The number of hydrogen-bond acceptors (Lipinski definition) is 9. The monoisotopic (exact) mass is 483 g/mol. The molecule has 12 heteroatoms. The van der Waals surface area contributed by atoms with Gasteiger partial charge < -0.3 is 19.0 Å².